The number of esters is 1. The molecular weight excluding hydrogens is 497 g/mol. The van der Waals surface area contributed by atoms with E-state index in [4.69, 9.17) is 14.2 Å². The lowest BCUT2D eigenvalue weighted by atomic mass is 9.79. The molecule has 0 bridgehead atoms. The molecule has 0 fully saturated rings. The molecule has 1 aliphatic carbocycles. The molecule has 1 aliphatic rings. The highest BCUT2D eigenvalue weighted by atomic mass is 19.3. The van der Waals surface area contributed by atoms with Crippen LogP contribution in [0.4, 0.5) is 30.7 Å². The van der Waals surface area contributed by atoms with Crippen LogP contribution in [0.15, 0.2) is 42.5 Å². The SMILES string of the molecule is CCOc1ccc(C(=O)Oc2ccc3c(c2F)C(F)(F)C(F)(F)c2c-3ccc(OCC)c2F)cc1F. The molecule has 11 heteroatoms. The lowest BCUT2D eigenvalue weighted by Gasteiger charge is -2.35. The van der Waals surface area contributed by atoms with Crippen LogP contribution in [-0.2, 0) is 11.8 Å². The van der Waals surface area contributed by atoms with Gasteiger partial charge in [-0.15, -0.1) is 0 Å². The number of carbonyl (C=O) groups excluding carboxylic acids is 1. The summed E-state index contributed by atoms with van der Waals surface area (Å²) in [6.07, 6.45) is 0. The lowest BCUT2D eigenvalue weighted by Crippen LogP contribution is -2.41. The van der Waals surface area contributed by atoms with E-state index in [9.17, 15) is 22.4 Å². The van der Waals surface area contributed by atoms with Crippen LogP contribution in [0.2, 0.25) is 0 Å². The highest BCUT2D eigenvalue weighted by molar-refractivity contribution is 5.91. The Morgan fingerprint density at radius 1 is 0.722 bits per heavy atom. The Kier molecular flexibility index (Phi) is 6.36. The minimum Gasteiger partial charge on any atom is -0.491 e. The zero-order valence-corrected chi connectivity index (χ0v) is 18.7. The summed E-state index contributed by atoms with van der Waals surface area (Å²) < 4.78 is 119. The summed E-state index contributed by atoms with van der Waals surface area (Å²) in [4.78, 5) is 12.4. The van der Waals surface area contributed by atoms with Crippen LogP contribution in [0.5, 0.6) is 17.2 Å². The molecule has 0 heterocycles. The molecule has 36 heavy (non-hydrogen) atoms. The first-order valence-corrected chi connectivity index (χ1v) is 10.6. The summed E-state index contributed by atoms with van der Waals surface area (Å²) in [6.45, 7) is 3.07. The molecule has 0 aliphatic heterocycles. The maximum atomic E-state index is 15.2. The van der Waals surface area contributed by atoms with Gasteiger partial charge in [0.1, 0.15) is 0 Å². The number of carbonyl (C=O) groups is 1. The van der Waals surface area contributed by atoms with Gasteiger partial charge in [-0.3, -0.25) is 0 Å². The zero-order chi connectivity index (χ0) is 26.4. The number of halogens is 7. The lowest BCUT2D eigenvalue weighted by molar-refractivity contribution is -0.228. The Bertz CT molecular complexity index is 1350. The van der Waals surface area contributed by atoms with Crippen LogP contribution in [0.25, 0.3) is 11.1 Å². The van der Waals surface area contributed by atoms with Gasteiger partial charge in [0.25, 0.3) is 0 Å². The number of hydrogen-bond donors (Lipinski definition) is 0. The van der Waals surface area contributed by atoms with E-state index in [0.29, 0.717) is 0 Å². The number of fused-ring (bicyclic) bond motifs is 3. The van der Waals surface area contributed by atoms with Crippen LogP contribution in [0, 0.1) is 17.5 Å². The van der Waals surface area contributed by atoms with Crippen LogP contribution < -0.4 is 14.2 Å². The standard InChI is InChI=1S/C25H17F7O4/c1-3-34-16-8-5-12(11-15(16)26)23(33)36-18-10-7-14-13-6-9-17(35-4-2)21(27)19(13)24(29,30)25(31,32)20(14)22(18)28/h5-11H,3-4H2,1-2H3. The van der Waals surface area contributed by atoms with Gasteiger partial charge in [-0.25, -0.2) is 18.0 Å². The summed E-state index contributed by atoms with van der Waals surface area (Å²) in [6, 6.07) is 6.36. The van der Waals surface area contributed by atoms with Crippen LogP contribution in [0.1, 0.15) is 35.3 Å². The van der Waals surface area contributed by atoms with E-state index in [1.165, 1.54) is 6.92 Å². The van der Waals surface area contributed by atoms with E-state index >= 15 is 13.2 Å². The van der Waals surface area contributed by atoms with E-state index in [-0.39, 0.29) is 19.0 Å². The molecule has 4 nitrogen and oxygen atoms in total. The number of ether oxygens (including phenoxy) is 3. The van der Waals surface area contributed by atoms with Gasteiger partial charge in [-0.1, -0.05) is 0 Å². The first-order chi connectivity index (χ1) is 16.9. The summed E-state index contributed by atoms with van der Waals surface area (Å²) in [5, 5.41) is 0. The van der Waals surface area contributed by atoms with Crippen LogP contribution in [-0.4, -0.2) is 19.2 Å². The second kappa shape index (κ2) is 9.03. The Morgan fingerprint density at radius 2 is 1.19 bits per heavy atom. The molecule has 0 amide bonds. The average molecular weight is 514 g/mol. The third kappa shape index (κ3) is 3.82. The number of benzene rings is 3. The predicted octanol–water partition coefficient (Wildman–Crippen LogP) is 6.98. The van der Waals surface area contributed by atoms with E-state index in [2.05, 4.69) is 0 Å². The van der Waals surface area contributed by atoms with E-state index in [0.717, 1.165) is 42.5 Å². The smallest absolute Gasteiger partial charge is 0.343 e. The first-order valence-electron chi connectivity index (χ1n) is 10.6. The predicted molar refractivity (Wildman–Crippen MR) is 113 cm³/mol. The fourth-order valence-electron chi connectivity index (χ4n) is 3.90. The Morgan fingerprint density at radius 3 is 1.72 bits per heavy atom. The molecule has 3 aromatic rings. The highest BCUT2D eigenvalue weighted by Crippen LogP contribution is 2.60. The van der Waals surface area contributed by atoms with Crippen molar-refractivity contribution in [1.29, 1.82) is 0 Å². The average Bonchev–Trinajstić information content (AvgIpc) is 2.81. The van der Waals surface area contributed by atoms with Crippen molar-refractivity contribution < 1.29 is 49.7 Å². The van der Waals surface area contributed by atoms with Gasteiger partial charge in [-0.2, -0.15) is 17.6 Å². The molecule has 0 aromatic heterocycles. The Balaban J connectivity index is 1.79. The van der Waals surface area contributed by atoms with Gasteiger partial charge in [0.15, 0.2) is 34.7 Å². The molecule has 0 saturated heterocycles. The molecule has 190 valence electrons. The van der Waals surface area contributed by atoms with Gasteiger partial charge >= 0.3 is 17.8 Å². The zero-order valence-electron chi connectivity index (χ0n) is 18.7. The van der Waals surface area contributed by atoms with Gasteiger partial charge in [0, 0.05) is 0 Å². The minimum absolute atomic E-state index is 0.115. The maximum Gasteiger partial charge on any atom is 0.343 e. The quantitative estimate of drug-likeness (QED) is 0.202. The van der Waals surface area contributed by atoms with Gasteiger partial charge < -0.3 is 14.2 Å². The van der Waals surface area contributed by atoms with Crippen molar-refractivity contribution in [2.45, 2.75) is 25.7 Å². The second-order valence-electron chi connectivity index (χ2n) is 7.65. The van der Waals surface area contributed by atoms with Gasteiger partial charge in [0.2, 0.25) is 0 Å². The number of alkyl halides is 4. The molecule has 0 radical (unpaired) electrons. The van der Waals surface area contributed by atoms with E-state index in [1.807, 2.05) is 0 Å². The van der Waals surface area contributed by atoms with Crippen LogP contribution >= 0.6 is 0 Å². The van der Waals surface area contributed by atoms with E-state index in [1.54, 1.807) is 6.92 Å². The number of rotatable bonds is 6. The maximum absolute atomic E-state index is 15.2. The molecule has 0 saturated carbocycles. The summed E-state index contributed by atoms with van der Waals surface area (Å²) >= 11 is 0. The Labute approximate surface area is 200 Å². The van der Waals surface area contributed by atoms with Crippen LogP contribution in [0.3, 0.4) is 0 Å². The monoisotopic (exact) mass is 514 g/mol. The van der Waals surface area contributed by atoms with Gasteiger partial charge in [-0.05, 0) is 67.4 Å². The van der Waals surface area contributed by atoms with Crippen molar-refractivity contribution in [3.63, 3.8) is 0 Å². The third-order valence-corrected chi connectivity index (χ3v) is 5.50. The van der Waals surface area contributed by atoms with Crippen molar-refractivity contribution in [3.8, 4) is 28.4 Å². The highest BCUT2D eigenvalue weighted by Gasteiger charge is 2.65. The molecule has 4 rings (SSSR count). The number of hydrogen-bond acceptors (Lipinski definition) is 4. The fraction of sp³-hybridized carbons (Fsp3) is 0.240. The van der Waals surface area contributed by atoms with Crippen molar-refractivity contribution in [3.05, 3.63) is 76.6 Å². The molecule has 3 aromatic carbocycles. The van der Waals surface area contributed by atoms with Crippen molar-refractivity contribution in [2.75, 3.05) is 13.2 Å². The van der Waals surface area contributed by atoms with Gasteiger partial charge in [0.05, 0.1) is 29.9 Å². The molecule has 0 spiro atoms. The molecule has 0 N–H and O–H groups in total. The summed E-state index contributed by atoms with van der Waals surface area (Å²) in [7, 11) is 0. The summed E-state index contributed by atoms with van der Waals surface area (Å²) in [5.74, 6) is -18.2. The van der Waals surface area contributed by atoms with E-state index < -0.39 is 74.6 Å². The molecule has 0 atom stereocenters. The fourth-order valence-corrected chi connectivity index (χ4v) is 3.90. The molecular formula is C25H17F7O4. The minimum atomic E-state index is -5.22. The first kappa shape index (κ1) is 25.3. The third-order valence-electron chi connectivity index (χ3n) is 5.50. The topological polar surface area (TPSA) is 44.8 Å². The second-order valence-corrected chi connectivity index (χ2v) is 7.65. The Hall–Kier alpha value is -3.76. The normalized spacial score (nSPS) is 15.0. The summed E-state index contributed by atoms with van der Waals surface area (Å²) in [5.41, 5.74) is -5.22. The molecule has 0 unspecified atom stereocenters. The van der Waals surface area contributed by atoms with Crippen molar-refractivity contribution in [2.24, 2.45) is 0 Å². The largest absolute Gasteiger partial charge is 0.491 e. The van der Waals surface area contributed by atoms with Crippen molar-refractivity contribution in [1.82, 2.24) is 0 Å². The van der Waals surface area contributed by atoms with Crippen molar-refractivity contribution >= 4 is 5.97 Å².